The molecule has 0 fully saturated rings. The largest absolute Gasteiger partial charge is 0.466 e. The minimum Gasteiger partial charge on any atom is -0.466 e. The third-order valence-electron chi connectivity index (χ3n) is 3.90. The molecule has 2 N–H and O–H groups in total. The third-order valence-corrected chi connectivity index (χ3v) is 3.90. The molecule has 0 aromatic carbocycles. The first-order valence-corrected chi connectivity index (χ1v) is 9.16. The van der Waals surface area contributed by atoms with Crippen molar-refractivity contribution in [3.8, 4) is 5.88 Å². The lowest BCUT2D eigenvalue weighted by molar-refractivity contribution is -0.154. The van der Waals surface area contributed by atoms with Gasteiger partial charge in [-0.2, -0.15) is 13.2 Å². The fraction of sp³-hybridized carbons (Fsp3) is 0.421. The summed E-state index contributed by atoms with van der Waals surface area (Å²) in [5.41, 5.74) is 0.837. The van der Waals surface area contributed by atoms with Crippen molar-refractivity contribution >= 4 is 17.8 Å². The summed E-state index contributed by atoms with van der Waals surface area (Å²) in [5.74, 6) is -3.14. The molecule has 2 rings (SSSR count). The molecule has 8 nitrogen and oxygen atoms in total. The van der Waals surface area contributed by atoms with Gasteiger partial charge in [-0.05, 0) is 31.5 Å². The van der Waals surface area contributed by atoms with E-state index in [9.17, 15) is 27.2 Å². The first kappa shape index (κ1) is 24.0. The van der Waals surface area contributed by atoms with Crippen LogP contribution >= 0.6 is 0 Å². The first-order valence-electron chi connectivity index (χ1n) is 9.16. The topological polar surface area (TPSA) is 106 Å². The Balaban J connectivity index is 2.09. The number of alkyl halides is 3. The molecule has 0 saturated carbocycles. The van der Waals surface area contributed by atoms with Gasteiger partial charge < -0.3 is 10.1 Å². The van der Waals surface area contributed by atoms with E-state index in [1.807, 2.05) is 0 Å². The quantitative estimate of drug-likeness (QED) is 0.637. The lowest BCUT2D eigenvalue weighted by Gasteiger charge is -2.13. The maximum Gasteiger partial charge on any atom is 0.422 e. The van der Waals surface area contributed by atoms with Crippen molar-refractivity contribution in [2.24, 2.45) is 5.92 Å². The molecular weight excluding hydrogens is 422 g/mol. The predicted octanol–water partition coefficient (Wildman–Crippen LogP) is 3.09. The minimum atomic E-state index is -4.63. The second kappa shape index (κ2) is 9.67. The lowest BCUT2D eigenvalue weighted by atomic mass is 10.2. The van der Waals surface area contributed by atoms with E-state index in [0.29, 0.717) is 5.69 Å². The second-order valence-electron chi connectivity index (χ2n) is 6.97. The molecule has 0 aliphatic heterocycles. The number of nitrogens with one attached hydrogen (secondary N) is 2. The molecule has 0 aliphatic carbocycles. The molecule has 31 heavy (non-hydrogen) atoms. The Morgan fingerprint density at radius 1 is 1.13 bits per heavy atom. The highest BCUT2D eigenvalue weighted by Crippen LogP contribution is 2.21. The first-order chi connectivity index (χ1) is 14.4. The molecule has 0 spiro atoms. The van der Waals surface area contributed by atoms with Crippen LogP contribution < -0.4 is 15.4 Å². The van der Waals surface area contributed by atoms with E-state index in [-0.39, 0.29) is 41.3 Å². The number of anilines is 1. The molecule has 12 heteroatoms. The van der Waals surface area contributed by atoms with E-state index in [4.69, 9.17) is 0 Å². The van der Waals surface area contributed by atoms with Crippen LogP contribution in [0.1, 0.15) is 41.3 Å². The minimum absolute atomic E-state index is 0.0252. The van der Waals surface area contributed by atoms with Crippen molar-refractivity contribution in [2.75, 3.05) is 11.9 Å². The van der Waals surface area contributed by atoms with E-state index in [1.165, 1.54) is 13.0 Å². The molecule has 0 radical (unpaired) electrons. The highest BCUT2D eigenvalue weighted by Gasteiger charge is 2.29. The van der Waals surface area contributed by atoms with Gasteiger partial charge in [0.05, 0.1) is 0 Å². The number of carbonyl (C=O) groups is 2. The van der Waals surface area contributed by atoms with Crippen LogP contribution in [0, 0.1) is 25.6 Å². The number of pyridine rings is 1. The summed E-state index contributed by atoms with van der Waals surface area (Å²) in [6.45, 7) is 4.60. The number of hydrogen-bond donors (Lipinski definition) is 2. The van der Waals surface area contributed by atoms with Crippen molar-refractivity contribution in [1.29, 1.82) is 0 Å². The van der Waals surface area contributed by atoms with Gasteiger partial charge in [0.1, 0.15) is 5.69 Å². The number of nitrogens with zero attached hydrogens (tertiary/aromatic N) is 3. The zero-order valence-electron chi connectivity index (χ0n) is 17.2. The van der Waals surface area contributed by atoms with Gasteiger partial charge in [0.25, 0.3) is 11.8 Å². The molecule has 0 saturated heterocycles. The fourth-order valence-corrected chi connectivity index (χ4v) is 2.29. The number of carbonyl (C=O) groups excluding carboxylic acids is 2. The third kappa shape index (κ3) is 7.15. The highest BCUT2D eigenvalue weighted by atomic mass is 19.4. The number of amides is 2. The number of rotatable bonds is 7. The molecule has 0 unspecified atom stereocenters. The van der Waals surface area contributed by atoms with Crippen molar-refractivity contribution in [3.05, 3.63) is 40.6 Å². The Morgan fingerprint density at radius 2 is 1.81 bits per heavy atom. The van der Waals surface area contributed by atoms with Gasteiger partial charge in [-0.1, -0.05) is 13.8 Å². The molecular formula is C19H21F4N5O3. The van der Waals surface area contributed by atoms with Crippen LogP contribution in [0.15, 0.2) is 12.1 Å². The predicted molar refractivity (Wildman–Crippen MR) is 102 cm³/mol. The summed E-state index contributed by atoms with van der Waals surface area (Å²) >= 11 is 0. The molecule has 2 amide bonds. The van der Waals surface area contributed by atoms with Gasteiger partial charge in [-0.15, -0.1) is 0 Å². The average molecular weight is 443 g/mol. The Morgan fingerprint density at radius 3 is 2.42 bits per heavy atom. The van der Waals surface area contributed by atoms with Crippen LogP contribution in [0.3, 0.4) is 0 Å². The summed E-state index contributed by atoms with van der Waals surface area (Å²) in [6, 6.07) is 2.34. The molecule has 168 valence electrons. The van der Waals surface area contributed by atoms with Gasteiger partial charge in [-0.3, -0.25) is 14.9 Å². The van der Waals surface area contributed by atoms with E-state index in [1.54, 1.807) is 20.8 Å². The van der Waals surface area contributed by atoms with Crippen LogP contribution in [0.4, 0.5) is 23.5 Å². The summed E-state index contributed by atoms with van der Waals surface area (Å²) in [7, 11) is 0. The summed E-state index contributed by atoms with van der Waals surface area (Å²) in [6.07, 6.45) is -4.63. The van der Waals surface area contributed by atoms with Crippen molar-refractivity contribution in [1.82, 2.24) is 20.3 Å². The smallest absolute Gasteiger partial charge is 0.422 e. The molecule has 2 aromatic rings. The van der Waals surface area contributed by atoms with Crippen LogP contribution in [0.2, 0.25) is 0 Å². The van der Waals surface area contributed by atoms with Gasteiger partial charge in [0.2, 0.25) is 11.9 Å². The number of halogens is 4. The fourth-order valence-electron chi connectivity index (χ4n) is 2.29. The van der Waals surface area contributed by atoms with Crippen molar-refractivity contribution in [3.63, 3.8) is 0 Å². The Hall–Kier alpha value is -3.31. The zero-order valence-corrected chi connectivity index (χ0v) is 17.2. The van der Waals surface area contributed by atoms with Gasteiger partial charge >= 0.3 is 6.18 Å². The summed E-state index contributed by atoms with van der Waals surface area (Å²) in [5, 5.41) is 5.02. The van der Waals surface area contributed by atoms with Crippen molar-refractivity contribution < 1.29 is 31.9 Å². The van der Waals surface area contributed by atoms with Crippen LogP contribution in [-0.2, 0) is 11.3 Å². The van der Waals surface area contributed by atoms with Crippen LogP contribution in [0.25, 0.3) is 0 Å². The van der Waals surface area contributed by atoms with Gasteiger partial charge in [0, 0.05) is 23.9 Å². The van der Waals surface area contributed by atoms with Crippen molar-refractivity contribution in [2.45, 2.75) is 40.4 Å². The standard InChI is InChI=1S/C19H21F4N5O3/c1-9(2)15(29)28-18-25-10(3)5-14(27-18)16(30)24-7-12-6-13(20)17(26-11(12)4)31-8-19(21,22)23/h5-6,9H,7-8H2,1-4H3,(H,24,30)(H,25,27,28,29). The molecule has 2 aromatic heterocycles. The molecule has 0 bridgehead atoms. The maximum atomic E-state index is 14.0. The van der Waals surface area contributed by atoms with Gasteiger partial charge in [-0.25, -0.2) is 19.3 Å². The van der Waals surface area contributed by atoms with Crippen LogP contribution in [0.5, 0.6) is 5.88 Å². The normalized spacial score (nSPS) is 11.4. The monoisotopic (exact) mass is 443 g/mol. The number of ether oxygens (including phenoxy) is 1. The second-order valence-corrected chi connectivity index (χ2v) is 6.97. The Kier molecular flexibility index (Phi) is 7.47. The van der Waals surface area contributed by atoms with E-state index >= 15 is 0 Å². The molecule has 0 atom stereocenters. The zero-order chi connectivity index (χ0) is 23.3. The molecule has 2 heterocycles. The average Bonchev–Trinajstić information content (AvgIpc) is 2.65. The van der Waals surface area contributed by atoms with E-state index < -0.39 is 30.4 Å². The maximum absolute atomic E-state index is 14.0. The molecule has 0 aliphatic rings. The highest BCUT2D eigenvalue weighted by molar-refractivity contribution is 5.94. The Bertz CT molecular complexity index is 980. The summed E-state index contributed by atoms with van der Waals surface area (Å²) < 4.78 is 55.1. The summed E-state index contributed by atoms with van der Waals surface area (Å²) in [4.78, 5) is 36.0. The van der Waals surface area contributed by atoms with E-state index in [0.717, 1.165) is 6.07 Å². The van der Waals surface area contributed by atoms with E-state index in [2.05, 4.69) is 30.3 Å². The SMILES string of the molecule is Cc1cc(C(=O)NCc2cc(F)c(OCC(F)(F)F)nc2C)nc(NC(=O)C(C)C)n1. The number of aromatic nitrogens is 3. The Labute approximate surface area is 175 Å². The number of aryl methyl sites for hydroxylation is 2. The van der Waals surface area contributed by atoms with Gasteiger partial charge in [0.15, 0.2) is 12.4 Å². The number of hydrogen-bond acceptors (Lipinski definition) is 6. The lowest BCUT2D eigenvalue weighted by Crippen LogP contribution is -2.26. The van der Waals surface area contributed by atoms with Crippen LogP contribution in [-0.4, -0.2) is 39.5 Å².